The van der Waals surface area contributed by atoms with Crippen molar-refractivity contribution in [1.29, 1.82) is 0 Å². The number of hydrogen-bond acceptors (Lipinski definition) is 4. The first kappa shape index (κ1) is 14.2. The van der Waals surface area contributed by atoms with Gasteiger partial charge in [0.1, 0.15) is 10.8 Å². The van der Waals surface area contributed by atoms with E-state index in [4.69, 9.17) is 11.6 Å². The van der Waals surface area contributed by atoms with Crippen LogP contribution in [0, 0.1) is 15.9 Å². The van der Waals surface area contributed by atoms with Crippen molar-refractivity contribution in [2.45, 2.75) is 13.0 Å². The summed E-state index contributed by atoms with van der Waals surface area (Å²) in [7, 11) is 0. The fraction of sp³-hybridized carbons (Fsp3) is 0.154. The zero-order valence-electron chi connectivity index (χ0n) is 10.5. The summed E-state index contributed by atoms with van der Waals surface area (Å²) >= 11 is 5.74. The molecule has 0 radical (unpaired) electrons. The van der Waals surface area contributed by atoms with E-state index in [9.17, 15) is 14.5 Å². The smallest absolute Gasteiger partial charge is 0.289 e. The lowest BCUT2D eigenvalue weighted by Crippen LogP contribution is -2.07. The number of rotatable bonds is 4. The lowest BCUT2D eigenvalue weighted by molar-refractivity contribution is -0.384. The van der Waals surface area contributed by atoms with E-state index in [1.807, 2.05) is 0 Å². The van der Waals surface area contributed by atoms with E-state index in [0.717, 1.165) is 6.20 Å². The highest BCUT2D eigenvalue weighted by Gasteiger charge is 2.14. The number of hydrogen-bond donors (Lipinski definition) is 1. The Balaban J connectivity index is 2.22. The molecular weight excluding hydrogens is 285 g/mol. The molecule has 0 saturated carbocycles. The van der Waals surface area contributed by atoms with E-state index >= 15 is 0 Å². The lowest BCUT2D eigenvalue weighted by Gasteiger charge is -2.15. The maximum absolute atomic E-state index is 13.1. The molecule has 0 bridgehead atoms. The summed E-state index contributed by atoms with van der Waals surface area (Å²) in [5.74, 6) is -0.432. The number of nitro benzene ring substituents is 1. The largest absolute Gasteiger partial charge is 0.378 e. The predicted octanol–water partition coefficient (Wildman–Crippen LogP) is 3.96. The molecule has 1 unspecified atom stereocenters. The summed E-state index contributed by atoms with van der Waals surface area (Å²) in [4.78, 5) is 14.0. The topological polar surface area (TPSA) is 68.1 Å². The van der Waals surface area contributed by atoms with E-state index < -0.39 is 10.7 Å². The standard InChI is InChI=1S/C13H11ClFN3O2/c1-8(9-4-10(15)7-16-6-9)17-11-2-3-12(14)13(5-11)18(19)20/h2-8,17H,1H3. The molecule has 7 heteroatoms. The molecule has 1 aromatic heterocycles. The van der Waals surface area contributed by atoms with Crippen LogP contribution in [0.1, 0.15) is 18.5 Å². The summed E-state index contributed by atoms with van der Waals surface area (Å²) in [6.07, 6.45) is 2.65. The van der Waals surface area contributed by atoms with Crippen LogP contribution >= 0.6 is 11.6 Å². The quantitative estimate of drug-likeness (QED) is 0.685. The summed E-state index contributed by atoms with van der Waals surface area (Å²) < 4.78 is 13.1. The Morgan fingerprint density at radius 2 is 2.15 bits per heavy atom. The highest BCUT2D eigenvalue weighted by Crippen LogP contribution is 2.29. The Labute approximate surface area is 119 Å². The zero-order chi connectivity index (χ0) is 14.7. The molecule has 0 aliphatic carbocycles. The third-order valence-corrected chi connectivity index (χ3v) is 3.07. The van der Waals surface area contributed by atoms with Gasteiger partial charge in [0.05, 0.1) is 17.2 Å². The Morgan fingerprint density at radius 3 is 2.80 bits per heavy atom. The summed E-state index contributed by atoms with van der Waals surface area (Å²) in [5, 5.41) is 13.9. The van der Waals surface area contributed by atoms with E-state index in [1.165, 1.54) is 24.4 Å². The van der Waals surface area contributed by atoms with E-state index in [0.29, 0.717) is 11.3 Å². The number of nitro groups is 1. The number of nitrogens with one attached hydrogen (secondary N) is 1. The third kappa shape index (κ3) is 3.21. The molecule has 20 heavy (non-hydrogen) atoms. The molecule has 0 fully saturated rings. The first-order chi connectivity index (χ1) is 9.47. The van der Waals surface area contributed by atoms with Crippen LogP contribution in [0.2, 0.25) is 5.02 Å². The van der Waals surface area contributed by atoms with Gasteiger partial charge in [-0.1, -0.05) is 11.6 Å². The van der Waals surface area contributed by atoms with Gasteiger partial charge in [-0.15, -0.1) is 0 Å². The molecule has 2 aromatic rings. The summed E-state index contributed by atoms with van der Waals surface area (Å²) in [6.45, 7) is 1.80. The maximum atomic E-state index is 13.1. The molecule has 1 heterocycles. The van der Waals surface area contributed by atoms with Crippen LogP contribution in [0.5, 0.6) is 0 Å². The Kier molecular flexibility index (Phi) is 4.14. The minimum absolute atomic E-state index is 0.0700. The summed E-state index contributed by atoms with van der Waals surface area (Å²) in [5.41, 5.74) is 0.988. The predicted molar refractivity (Wildman–Crippen MR) is 74.3 cm³/mol. The van der Waals surface area contributed by atoms with Gasteiger partial charge in [-0.3, -0.25) is 15.1 Å². The maximum Gasteiger partial charge on any atom is 0.289 e. The van der Waals surface area contributed by atoms with Crippen molar-refractivity contribution >= 4 is 23.0 Å². The molecule has 5 nitrogen and oxygen atoms in total. The van der Waals surface area contributed by atoms with Gasteiger partial charge >= 0.3 is 0 Å². The van der Waals surface area contributed by atoms with Gasteiger partial charge in [0, 0.05) is 18.0 Å². The second-order valence-corrected chi connectivity index (χ2v) is 4.63. The molecule has 2 rings (SSSR count). The van der Waals surface area contributed by atoms with Gasteiger partial charge < -0.3 is 5.32 Å². The average molecular weight is 296 g/mol. The number of nitrogens with zero attached hydrogens (tertiary/aromatic N) is 2. The number of anilines is 1. The van der Waals surface area contributed by atoms with Crippen LogP contribution in [0.4, 0.5) is 15.8 Å². The molecule has 0 aliphatic heterocycles. The number of benzene rings is 1. The molecule has 1 atom stereocenters. The van der Waals surface area contributed by atoms with Gasteiger partial charge in [-0.05, 0) is 30.7 Å². The average Bonchev–Trinajstić information content (AvgIpc) is 2.40. The third-order valence-electron chi connectivity index (χ3n) is 2.75. The van der Waals surface area contributed by atoms with Crippen LogP contribution in [-0.4, -0.2) is 9.91 Å². The minimum Gasteiger partial charge on any atom is -0.378 e. The van der Waals surface area contributed by atoms with E-state index in [-0.39, 0.29) is 16.8 Å². The van der Waals surface area contributed by atoms with Gasteiger partial charge in [0.2, 0.25) is 0 Å². The SMILES string of the molecule is CC(Nc1ccc(Cl)c([N+](=O)[O-])c1)c1cncc(F)c1. The number of pyridine rings is 1. The van der Waals surface area contributed by atoms with Gasteiger partial charge in [0.25, 0.3) is 5.69 Å². The molecule has 0 saturated heterocycles. The van der Waals surface area contributed by atoms with Crippen molar-refractivity contribution in [3.05, 3.63) is 63.2 Å². The summed E-state index contributed by atoms with van der Waals surface area (Å²) in [6, 6.07) is 5.51. The fourth-order valence-electron chi connectivity index (χ4n) is 1.74. The van der Waals surface area contributed by atoms with Crippen LogP contribution in [-0.2, 0) is 0 Å². The molecule has 104 valence electrons. The van der Waals surface area contributed by atoms with E-state index in [1.54, 1.807) is 13.0 Å². The molecule has 0 spiro atoms. The Bertz CT molecular complexity index is 651. The second kappa shape index (κ2) is 5.83. The fourth-order valence-corrected chi connectivity index (χ4v) is 1.93. The first-order valence-corrected chi connectivity index (χ1v) is 6.16. The molecule has 1 N–H and O–H groups in total. The number of halogens is 2. The molecule has 1 aromatic carbocycles. The van der Waals surface area contributed by atoms with Crippen molar-refractivity contribution in [3.8, 4) is 0 Å². The van der Waals surface area contributed by atoms with Gasteiger partial charge in [0.15, 0.2) is 0 Å². The monoisotopic (exact) mass is 295 g/mol. The van der Waals surface area contributed by atoms with Gasteiger partial charge in [-0.25, -0.2) is 4.39 Å². The van der Waals surface area contributed by atoms with Gasteiger partial charge in [-0.2, -0.15) is 0 Å². The van der Waals surface area contributed by atoms with Crippen LogP contribution in [0.25, 0.3) is 0 Å². The van der Waals surface area contributed by atoms with Crippen molar-refractivity contribution in [3.63, 3.8) is 0 Å². The molecular formula is C13H11ClFN3O2. The van der Waals surface area contributed by atoms with Crippen LogP contribution in [0.15, 0.2) is 36.7 Å². The first-order valence-electron chi connectivity index (χ1n) is 5.78. The lowest BCUT2D eigenvalue weighted by atomic mass is 10.1. The van der Waals surface area contributed by atoms with Crippen molar-refractivity contribution < 1.29 is 9.31 Å². The zero-order valence-corrected chi connectivity index (χ0v) is 11.3. The minimum atomic E-state index is -0.554. The van der Waals surface area contributed by atoms with Crippen LogP contribution in [0.3, 0.4) is 0 Å². The molecule has 0 aliphatic rings. The second-order valence-electron chi connectivity index (χ2n) is 4.23. The van der Waals surface area contributed by atoms with Crippen molar-refractivity contribution in [2.24, 2.45) is 0 Å². The highest BCUT2D eigenvalue weighted by molar-refractivity contribution is 6.32. The van der Waals surface area contributed by atoms with Crippen LogP contribution < -0.4 is 5.32 Å². The normalized spacial score (nSPS) is 11.9. The molecule has 0 amide bonds. The highest BCUT2D eigenvalue weighted by atomic mass is 35.5. The Morgan fingerprint density at radius 1 is 1.40 bits per heavy atom. The Hall–Kier alpha value is -2.21. The number of aromatic nitrogens is 1. The van der Waals surface area contributed by atoms with Crippen molar-refractivity contribution in [1.82, 2.24) is 4.98 Å². The van der Waals surface area contributed by atoms with Crippen molar-refractivity contribution in [2.75, 3.05) is 5.32 Å². The van der Waals surface area contributed by atoms with E-state index in [2.05, 4.69) is 10.3 Å².